The first-order valence-electron chi connectivity index (χ1n) is 5.62. The molecular weight excluding hydrogens is 242 g/mol. The van der Waals surface area contributed by atoms with Crippen molar-refractivity contribution in [2.75, 3.05) is 6.61 Å². The third-order valence-corrected chi connectivity index (χ3v) is 2.56. The van der Waals surface area contributed by atoms with Gasteiger partial charge in [-0.1, -0.05) is 0 Å². The van der Waals surface area contributed by atoms with Gasteiger partial charge < -0.3 is 15.2 Å². The van der Waals surface area contributed by atoms with E-state index in [0.717, 1.165) is 12.1 Å². The molecule has 0 amide bonds. The van der Waals surface area contributed by atoms with Crippen LogP contribution in [0.2, 0.25) is 0 Å². The molecule has 1 aliphatic heterocycles. The van der Waals surface area contributed by atoms with Crippen molar-refractivity contribution in [1.82, 2.24) is 0 Å². The van der Waals surface area contributed by atoms with Gasteiger partial charge >= 0.3 is 0 Å². The SMILES string of the molecule is CC(CC1COC(N)=N1)Oc1ccc(F)cc1F. The van der Waals surface area contributed by atoms with E-state index in [9.17, 15) is 8.78 Å². The zero-order valence-corrected chi connectivity index (χ0v) is 9.90. The molecule has 0 saturated carbocycles. The van der Waals surface area contributed by atoms with E-state index in [0.29, 0.717) is 13.0 Å². The fourth-order valence-corrected chi connectivity index (χ4v) is 1.78. The van der Waals surface area contributed by atoms with Crippen LogP contribution in [-0.4, -0.2) is 24.8 Å². The summed E-state index contributed by atoms with van der Waals surface area (Å²) in [7, 11) is 0. The minimum atomic E-state index is -0.715. The summed E-state index contributed by atoms with van der Waals surface area (Å²) in [5.41, 5.74) is 5.38. The maximum atomic E-state index is 13.3. The molecule has 1 aromatic carbocycles. The number of aliphatic imine (C=N–C) groups is 1. The van der Waals surface area contributed by atoms with Crippen LogP contribution in [-0.2, 0) is 4.74 Å². The van der Waals surface area contributed by atoms with Gasteiger partial charge in [0, 0.05) is 12.5 Å². The van der Waals surface area contributed by atoms with E-state index >= 15 is 0 Å². The standard InChI is InChI=1S/C12H14F2N2O2/c1-7(4-9-6-17-12(15)16-9)18-11-3-2-8(13)5-10(11)14/h2-3,5,7,9H,4,6H2,1H3,(H2,15,16). The number of benzene rings is 1. The first-order valence-corrected chi connectivity index (χ1v) is 5.62. The number of amidine groups is 1. The van der Waals surface area contributed by atoms with E-state index in [-0.39, 0.29) is 23.9 Å². The monoisotopic (exact) mass is 256 g/mol. The third-order valence-electron chi connectivity index (χ3n) is 2.56. The number of nitrogens with two attached hydrogens (primary N) is 1. The van der Waals surface area contributed by atoms with Crippen LogP contribution in [0.15, 0.2) is 23.2 Å². The molecule has 2 rings (SSSR count). The quantitative estimate of drug-likeness (QED) is 0.894. The Morgan fingerprint density at radius 2 is 2.33 bits per heavy atom. The molecule has 1 heterocycles. The Hall–Kier alpha value is -1.85. The molecular formula is C12H14F2N2O2. The summed E-state index contributed by atoms with van der Waals surface area (Å²) >= 11 is 0. The molecule has 4 nitrogen and oxygen atoms in total. The largest absolute Gasteiger partial charge is 0.488 e. The molecule has 2 unspecified atom stereocenters. The lowest BCUT2D eigenvalue weighted by Gasteiger charge is -2.16. The van der Waals surface area contributed by atoms with Crippen molar-refractivity contribution >= 4 is 6.02 Å². The Morgan fingerprint density at radius 1 is 1.56 bits per heavy atom. The van der Waals surface area contributed by atoms with Gasteiger partial charge in [-0.05, 0) is 19.1 Å². The maximum absolute atomic E-state index is 13.3. The third kappa shape index (κ3) is 3.09. The van der Waals surface area contributed by atoms with E-state index in [2.05, 4.69) is 4.99 Å². The summed E-state index contributed by atoms with van der Waals surface area (Å²) in [6.07, 6.45) is 0.283. The highest BCUT2D eigenvalue weighted by Crippen LogP contribution is 2.21. The first-order chi connectivity index (χ1) is 8.54. The molecule has 0 spiro atoms. The zero-order chi connectivity index (χ0) is 13.1. The summed E-state index contributed by atoms with van der Waals surface area (Å²) < 4.78 is 36.5. The molecule has 0 bridgehead atoms. The van der Waals surface area contributed by atoms with Gasteiger partial charge in [0.1, 0.15) is 12.4 Å². The van der Waals surface area contributed by atoms with E-state index in [1.807, 2.05) is 0 Å². The highest BCUT2D eigenvalue weighted by Gasteiger charge is 2.20. The Kier molecular flexibility index (Phi) is 3.64. The molecule has 1 aromatic rings. The lowest BCUT2D eigenvalue weighted by atomic mass is 10.1. The van der Waals surface area contributed by atoms with Crippen LogP contribution in [0.1, 0.15) is 13.3 Å². The minimum Gasteiger partial charge on any atom is -0.488 e. The minimum absolute atomic E-state index is 0.0276. The average molecular weight is 256 g/mol. The molecule has 0 radical (unpaired) electrons. The number of ether oxygens (including phenoxy) is 2. The van der Waals surface area contributed by atoms with E-state index < -0.39 is 11.6 Å². The Morgan fingerprint density at radius 3 is 2.94 bits per heavy atom. The molecule has 6 heteroatoms. The van der Waals surface area contributed by atoms with Crippen LogP contribution >= 0.6 is 0 Å². The molecule has 18 heavy (non-hydrogen) atoms. The fourth-order valence-electron chi connectivity index (χ4n) is 1.78. The maximum Gasteiger partial charge on any atom is 0.282 e. The van der Waals surface area contributed by atoms with E-state index in [1.54, 1.807) is 6.92 Å². The first kappa shape index (κ1) is 12.6. The van der Waals surface area contributed by atoms with Crippen LogP contribution in [0.4, 0.5) is 8.78 Å². The van der Waals surface area contributed by atoms with Crippen LogP contribution in [0.5, 0.6) is 5.75 Å². The Bertz CT molecular complexity index is 465. The molecule has 0 aliphatic carbocycles. The predicted octanol–water partition coefficient (Wildman–Crippen LogP) is 1.84. The molecule has 2 N–H and O–H groups in total. The number of rotatable bonds is 4. The van der Waals surface area contributed by atoms with Gasteiger partial charge in [0.2, 0.25) is 0 Å². The van der Waals surface area contributed by atoms with Crippen molar-refractivity contribution in [2.24, 2.45) is 10.7 Å². The van der Waals surface area contributed by atoms with E-state index in [1.165, 1.54) is 6.07 Å². The highest BCUT2D eigenvalue weighted by atomic mass is 19.1. The molecule has 0 aromatic heterocycles. The van der Waals surface area contributed by atoms with Crippen molar-refractivity contribution in [3.05, 3.63) is 29.8 Å². The van der Waals surface area contributed by atoms with Crippen molar-refractivity contribution < 1.29 is 18.3 Å². The summed E-state index contributed by atoms with van der Waals surface area (Å²) in [5, 5.41) is 0. The van der Waals surface area contributed by atoms with Gasteiger partial charge in [0.15, 0.2) is 11.6 Å². The van der Waals surface area contributed by atoms with Gasteiger partial charge in [-0.15, -0.1) is 0 Å². The smallest absolute Gasteiger partial charge is 0.282 e. The predicted molar refractivity (Wildman–Crippen MR) is 62.4 cm³/mol. The van der Waals surface area contributed by atoms with Gasteiger partial charge in [0.25, 0.3) is 6.02 Å². The summed E-state index contributed by atoms with van der Waals surface area (Å²) in [4.78, 5) is 4.05. The van der Waals surface area contributed by atoms with E-state index in [4.69, 9.17) is 15.2 Å². The zero-order valence-electron chi connectivity index (χ0n) is 9.90. The summed E-state index contributed by atoms with van der Waals surface area (Å²) in [6.45, 7) is 2.19. The number of nitrogens with zero attached hydrogens (tertiary/aromatic N) is 1. The van der Waals surface area contributed by atoms with Crippen LogP contribution in [0, 0.1) is 11.6 Å². The molecule has 0 saturated heterocycles. The summed E-state index contributed by atoms with van der Waals surface area (Å²) in [6, 6.07) is 3.30. The van der Waals surface area contributed by atoms with Crippen molar-refractivity contribution in [2.45, 2.75) is 25.5 Å². The van der Waals surface area contributed by atoms with Crippen molar-refractivity contribution in [1.29, 1.82) is 0 Å². The Balaban J connectivity index is 1.92. The topological polar surface area (TPSA) is 56.8 Å². The van der Waals surface area contributed by atoms with Crippen molar-refractivity contribution in [3.8, 4) is 5.75 Å². The second kappa shape index (κ2) is 5.20. The van der Waals surface area contributed by atoms with Crippen LogP contribution in [0.3, 0.4) is 0 Å². The highest BCUT2D eigenvalue weighted by molar-refractivity contribution is 5.73. The molecule has 98 valence electrons. The van der Waals surface area contributed by atoms with Gasteiger partial charge in [-0.3, -0.25) is 0 Å². The van der Waals surface area contributed by atoms with Crippen LogP contribution in [0.25, 0.3) is 0 Å². The second-order valence-corrected chi connectivity index (χ2v) is 4.17. The number of hydrogen-bond acceptors (Lipinski definition) is 4. The van der Waals surface area contributed by atoms with Gasteiger partial charge in [-0.2, -0.15) is 0 Å². The Labute approximate surface area is 103 Å². The number of halogens is 2. The molecule has 2 atom stereocenters. The normalized spacial score (nSPS) is 20.2. The van der Waals surface area contributed by atoms with Crippen molar-refractivity contribution in [3.63, 3.8) is 0 Å². The lowest BCUT2D eigenvalue weighted by molar-refractivity contribution is 0.182. The van der Waals surface area contributed by atoms with Gasteiger partial charge in [-0.25, -0.2) is 13.8 Å². The average Bonchev–Trinajstić information content (AvgIpc) is 2.68. The fraction of sp³-hybridized carbons (Fsp3) is 0.417. The lowest BCUT2D eigenvalue weighted by Crippen LogP contribution is -2.20. The van der Waals surface area contributed by atoms with Crippen LogP contribution < -0.4 is 10.5 Å². The molecule has 1 aliphatic rings. The molecule has 0 fully saturated rings. The summed E-state index contributed by atoms with van der Waals surface area (Å²) in [5.74, 6) is -1.32. The van der Waals surface area contributed by atoms with Gasteiger partial charge in [0.05, 0.1) is 12.1 Å². The second-order valence-electron chi connectivity index (χ2n) is 4.17. The number of hydrogen-bond donors (Lipinski definition) is 1.